The molecule has 2 fully saturated rings. The number of fused-ring (bicyclic) bond motifs is 1. The van der Waals surface area contributed by atoms with Gasteiger partial charge in [0, 0.05) is 11.6 Å². The van der Waals surface area contributed by atoms with E-state index in [0.29, 0.717) is 0 Å². The van der Waals surface area contributed by atoms with Gasteiger partial charge in [-0.2, -0.15) is 0 Å². The summed E-state index contributed by atoms with van der Waals surface area (Å²) in [5.41, 5.74) is 0.280. The number of rotatable bonds is 5. The van der Waals surface area contributed by atoms with E-state index in [1.165, 1.54) is 64.6 Å². The fourth-order valence-electron chi connectivity index (χ4n) is 3.68. The number of unbranched alkanes of at least 4 members (excludes halogenated alkanes) is 1. The summed E-state index contributed by atoms with van der Waals surface area (Å²) < 4.78 is 0. The Morgan fingerprint density at radius 3 is 2.61 bits per heavy atom. The minimum atomic E-state index is 0.280. The van der Waals surface area contributed by atoms with Crippen LogP contribution in [0.2, 0.25) is 0 Å². The molecule has 1 aliphatic heterocycles. The Labute approximate surface area is 114 Å². The third kappa shape index (κ3) is 4.24. The Kier molecular flexibility index (Phi) is 5.08. The lowest BCUT2D eigenvalue weighted by molar-refractivity contribution is 0.179. The first-order valence-electron chi connectivity index (χ1n) is 8.05. The second kappa shape index (κ2) is 6.38. The number of hydrogen-bond donors (Lipinski definition) is 1. The van der Waals surface area contributed by atoms with Crippen molar-refractivity contribution >= 4 is 0 Å². The molecule has 1 saturated carbocycles. The van der Waals surface area contributed by atoms with Gasteiger partial charge in [-0.25, -0.2) is 0 Å². The van der Waals surface area contributed by atoms with Gasteiger partial charge in [0.15, 0.2) is 0 Å². The lowest BCUT2D eigenvalue weighted by atomic mass is 9.85. The van der Waals surface area contributed by atoms with Crippen LogP contribution in [0.3, 0.4) is 0 Å². The number of nitrogens with one attached hydrogen (secondary N) is 1. The summed E-state index contributed by atoms with van der Waals surface area (Å²) in [5, 5.41) is 3.59. The average Bonchev–Trinajstić information content (AvgIpc) is 2.71. The Balaban J connectivity index is 1.59. The molecule has 2 heteroatoms. The van der Waals surface area contributed by atoms with Gasteiger partial charge in [0.05, 0.1) is 0 Å². The van der Waals surface area contributed by atoms with E-state index in [2.05, 4.69) is 31.0 Å². The molecule has 0 aromatic rings. The zero-order chi connectivity index (χ0) is 13.0. The molecule has 0 spiro atoms. The fraction of sp³-hybridized carbons (Fsp3) is 1.00. The summed E-state index contributed by atoms with van der Waals surface area (Å²) in [5.74, 6) is 1.05. The minimum absolute atomic E-state index is 0.280. The van der Waals surface area contributed by atoms with E-state index in [1.54, 1.807) is 0 Å². The maximum Gasteiger partial charge on any atom is 0.0124 e. The largest absolute Gasteiger partial charge is 0.312 e. The zero-order valence-corrected chi connectivity index (χ0v) is 12.7. The molecule has 0 bridgehead atoms. The molecule has 0 radical (unpaired) electrons. The van der Waals surface area contributed by atoms with Crippen molar-refractivity contribution in [2.45, 2.75) is 77.3 Å². The molecular weight excluding hydrogens is 220 g/mol. The second-order valence-electron chi connectivity index (χ2n) is 7.32. The standard InChI is InChI=1S/C16H32N2/c1-16(2,3)17-11-6-7-12-18-13-10-14-8-4-5-9-15(14)18/h14-15,17H,4-13H2,1-3H3. The maximum absolute atomic E-state index is 3.59. The first-order chi connectivity index (χ1) is 8.56. The van der Waals surface area contributed by atoms with Crippen LogP contribution in [-0.2, 0) is 0 Å². The van der Waals surface area contributed by atoms with Gasteiger partial charge in [0.1, 0.15) is 0 Å². The monoisotopic (exact) mass is 252 g/mol. The Hall–Kier alpha value is -0.0800. The molecule has 2 nitrogen and oxygen atoms in total. The van der Waals surface area contributed by atoms with Gasteiger partial charge < -0.3 is 10.2 Å². The van der Waals surface area contributed by atoms with Gasteiger partial charge in [-0.1, -0.05) is 12.8 Å². The number of nitrogens with zero attached hydrogens (tertiary/aromatic N) is 1. The average molecular weight is 252 g/mol. The highest BCUT2D eigenvalue weighted by atomic mass is 15.2. The van der Waals surface area contributed by atoms with Crippen molar-refractivity contribution in [2.24, 2.45) is 5.92 Å². The van der Waals surface area contributed by atoms with Gasteiger partial charge in [-0.15, -0.1) is 0 Å². The van der Waals surface area contributed by atoms with Crippen LogP contribution in [0, 0.1) is 5.92 Å². The summed E-state index contributed by atoms with van der Waals surface area (Å²) >= 11 is 0. The summed E-state index contributed by atoms with van der Waals surface area (Å²) in [6, 6.07) is 0.953. The molecule has 1 aliphatic carbocycles. The molecule has 0 aromatic heterocycles. The van der Waals surface area contributed by atoms with E-state index in [1.807, 2.05) is 0 Å². The minimum Gasteiger partial charge on any atom is -0.312 e. The highest BCUT2D eigenvalue weighted by molar-refractivity contribution is 4.89. The normalized spacial score (nSPS) is 29.5. The molecule has 0 aromatic carbocycles. The van der Waals surface area contributed by atoms with Crippen LogP contribution < -0.4 is 5.32 Å². The molecule has 18 heavy (non-hydrogen) atoms. The molecule has 2 unspecified atom stereocenters. The molecule has 2 rings (SSSR count). The van der Waals surface area contributed by atoms with Crippen LogP contribution in [0.4, 0.5) is 0 Å². The van der Waals surface area contributed by atoms with Crippen LogP contribution in [0.25, 0.3) is 0 Å². The number of hydrogen-bond acceptors (Lipinski definition) is 2. The smallest absolute Gasteiger partial charge is 0.0124 e. The first-order valence-corrected chi connectivity index (χ1v) is 8.05. The Bertz CT molecular complexity index is 244. The summed E-state index contributed by atoms with van der Waals surface area (Å²) in [6.07, 6.45) is 10.1. The van der Waals surface area contributed by atoms with Gasteiger partial charge in [0.25, 0.3) is 0 Å². The third-order valence-electron chi connectivity index (χ3n) is 4.65. The highest BCUT2D eigenvalue weighted by Gasteiger charge is 2.34. The lowest BCUT2D eigenvalue weighted by Crippen LogP contribution is -2.37. The molecule has 0 amide bonds. The van der Waals surface area contributed by atoms with E-state index in [-0.39, 0.29) is 5.54 Å². The lowest BCUT2D eigenvalue weighted by Gasteiger charge is -2.31. The summed E-state index contributed by atoms with van der Waals surface area (Å²) in [6.45, 7) is 10.6. The molecular formula is C16H32N2. The summed E-state index contributed by atoms with van der Waals surface area (Å²) in [7, 11) is 0. The molecule has 1 heterocycles. The third-order valence-corrected chi connectivity index (χ3v) is 4.65. The SMILES string of the molecule is CC(C)(C)NCCCCN1CCC2CCCCC21. The van der Waals surface area contributed by atoms with Crippen LogP contribution in [0.1, 0.15) is 65.7 Å². The molecule has 2 aliphatic rings. The topological polar surface area (TPSA) is 15.3 Å². The van der Waals surface area contributed by atoms with Crippen molar-refractivity contribution in [3.8, 4) is 0 Å². The quantitative estimate of drug-likeness (QED) is 0.754. The van der Waals surface area contributed by atoms with E-state index in [4.69, 9.17) is 0 Å². The van der Waals surface area contributed by atoms with Crippen molar-refractivity contribution in [3.63, 3.8) is 0 Å². The fourth-order valence-corrected chi connectivity index (χ4v) is 3.68. The van der Waals surface area contributed by atoms with Gasteiger partial charge in [-0.3, -0.25) is 0 Å². The molecule has 106 valence electrons. The van der Waals surface area contributed by atoms with Gasteiger partial charge >= 0.3 is 0 Å². The van der Waals surface area contributed by atoms with Crippen LogP contribution in [0.15, 0.2) is 0 Å². The first kappa shape index (κ1) is 14.3. The molecule has 1 N–H and O–H groups in total. The van der Waals surface area contributed by atoms with Crippen molar-refractivity contribution in [3.05, 3.63) is 0 Å². The van der Waals surface area contributed by atoms with Crippen molar-refractivity contribution in [2.75, 3.05) is 19.6 Å². The van der Waals surface area contributed by atoms with Crippen LogP contribution >= 0.6 is 0 Å². The second-order valence-corrected chi connectivity index (χ2v) is 7.32. The van der Waals surface area contributed by atoms with E-state index in [0.717, 1.165) is 12.0 Å². The van der Waals surface area contributed by atoms with Gasteiger partial charge in [0.2, 0.25) is 0 Å². The predicted molar refractivity (Wildman–Crippen MR) is 78.9 cm³/mol. The molecule has 2 atom stereocenters. The van der Waals surface area contributed by atoms with Crippen molar-refractivity contribution in [1.29, 1.82) is 0 Å². The number of likely N-dealkylation sites (tertiary alicyclic amines) is 1. The van der Waals surface area contributed by atoms with Crippen molar-refractivity contribution < 1.29 is 0 Å². The Morgan fingerprint density at radius 1 is 1.06 bits per heavy atom. The van der Waals surface area contributed by atoms with E-state index in [9.17, 15) is 0 Å². The van der Waals surface area contributed by atoms with E-state index < -0.39 is 0 Å². The van der Waals surface area contributed by atoms with Crippen LogP contribution in [-0.4, -0.2) is 36.1 Å². The Morgan fingerprint density at radius 2 is 1.83 bits per heavy atom. The maximum atomic E-state index is 3.59. The van der Waals surface area contributed by atoms with Crippen LogP contribution in [0.5, 0.6) is 0 Å². The highest BCUT2D eigenvalue weighted by Crippen LogP contribution is 2.36. The van der Waals surface area contributed by atoms with Gasteiger partial charge in [-0.05, 0) is 78.4 Å². The zero-order valence-electron chi connectivity index (χ0n) is 12.7. The molecule has 1 saturated heterocycles. The van der Waals surface area contributed by atoms with E-state index >= 15 is 0 Å². The predicted octanol–water partition coefficient (Wildman–Crippen LogP) is 3.42. The van der Waals surface area contributed by atoms with Crippen molar-refractivity contribution in [1.82, 2.24) is 10.2 Å². The summed E-state index contributed by atoms with van der Waals surface area (Å²) in [4.78, 5) is 2.79.